The summed E-state index contributed by atoms with van der Waals surface area (Å²) in [6.45, 7) is 3.28. The number of carbonyl (C=O) groups is 1. The van der Waals surface area contributed by atoms with E-state index in [1.807, 2.05) is 0 Å². The van der Waals surface area contributed by atoms with Crippen LogP contribution in [-0.2, 0) is 0 Å². The first-order valence-corrected chi connectivity index (χ1v) is 5.79. The minimum absolute atomic E-state index is 0.196. The van der Waals surface area contributed by atoms with Crippen molar-refractivity contribution < 1.29 is 14.3 Å². The van der Waals surface area contributed by atoms with Crippen LogP contribution in [0, 0.1) is 5.92 Å². The van der Waals surface area contributed by atoms with E-state index in [1.54, 1.807) is 13.8 Å². The lowest BCUT2D eigenvalue weighted by molar-refractivity contribution is 0.0933. The molecule has 1 aromatic carbocycles. The number of hydrogen-bond donors (Lipinski definition) is 1. The van der Waals surface area contributed by atoms with E-state index in [2.05, 4.69) is 0 Å². The van der Waals surface area contributed by atoms with Crippen molar-refractivity contribution in [3.05, 3.63) is 39.2 Å². The van der Waals surface area contributed by atoms with Crippen LogP contribution in [0.25, 0.3) is 11.0 Å². The molecule has 0 bridgehead atoms. The molecule has 1 aromatic heterocycles. The van der Waals surface area contributed by atoms with Gasteiger partial charge in [-0.3, -0.25) is 4.79 Å². The van der Waals surface area contributed by atoms with Crippen molar-refractivity contribution in [3.63, 3.8) is 0 Å². The molecule has 5 heteroatoms. The maximum absolute atomic E-state index is 11.9. The summed E-state index contributed by atoms with van der Waals surface area (Å²) in [5.41, 5.74) is -0.956. The van der Waals surface area contributed by atoms with Gasteiger partial charge in [0.25, 0.3) is 0 Å². The number of benzene rings is 1. The Kier molecular flexibility index (Phi) is 3.13. The minimum Gasteiger partial charge on any atom is -0.506 e. The Balaban J connectivity index is 2.83. The van der Waals surface area contributed by atoms with Gasteiger partial charge in [-0.1, -0.05) is 25.4 Å². The van der Waals surface area contributed by atoms with E-state index in [0.717, 1.165) is 0 Å². The van der Waals surface area contributed by atoms with E-state index in [9.17, 15) is 14.7 Å². The van der Waals surface area contributed by atoms with Crippen molar-refractivity contribution in [2.45, 2.75) is 13.8 Å². The molecule has 0 amide bonds. The first-order valence-electron chi connectivity index (χ1n) is 5.41. The zero-order chi connectivity index (χ0) is 13.4. The van der Waals surface area contributed by atoms with Crippen molar-refractivity contribution in [3.8, 4) is 5.75 Å². The number of halogens is 1. The SMILES string of the molecule is CC(C)C(=O)c1c(O)c2cc(Cl)ccc2oc1=O. The van der Waals surface area contributed by atoms with Crippen molar-refractivity contribution in [2.24, 2.45) is 5.92 Å². The summed E-state index contributed by atoms with van der Waals surface area (Å²) in [7, 11) is 0. The number of fused-ring (bicyclic) bond motifs is 1. The van der Waals surface area contributed by atoms with E-state index in [0.29, 0.717) is 5.02 Å². The monoisotopic (exact) mass is 266 g/mol. The Bertz CT molecular complexity index is 685. The summed E-state index contributed by atoms with van der Waals surface area (Å²) in [5.74, 6) is -1.24. The maximum atomic E-state index is 11.9. The standard InChI is InChI=1S/C13H11ClO4/c1-6(2)11(15)10-12(16)8-5-7(14)3-4-9(8)18-13(10)17/h3-6,16H,1-2H3. The molecule has 0 spiro atoms. The lowest BCUT2D eigenvalue weighted by Gasteiger charge is -2.07. The molecule has 0 radical (unpaired) electrons. The molecule has 4 nitrogen and oxygen atoms in total. The predicted octanol–water partition coefficient (Wildman–Crippen LogP) is 2.99. The van der Waals surface area contributed by atoms with Crippen LogP contribution in [0.4, 0.5) is 0 Å². The zero-order valence-electron chi connectivity index (χ0n) is 9.86. The predicted molar refractivity (Wildman–Crippen MR) is 68.3 cm³/mol. The normalized spacial score (nSPS) is 11.1. The van der Waals surface area contributed by atoms with Gasteiger partial charge in [0.15, 0.2) is 5.78 Å². The summed E-state index contributed by atoms with van der Waals surface area (Å²) in [6.07, 6.45) is 0. The average molecular weight is 267 g/mol. The first-order chi connectivity index (χ1) is 8.41. The molecule has 0 fully saturated rings. The van der Waals surface area contributed by atoms with Crippen molar-refractivity contribution in [2.75, 3.05) is 0 Å². The fraction of sp³-hybridized carbons (Fsp3) is 0.231. The summed E-state index contributed by atoms with van der Waals surface area (Å²) < 4.78 is 5.00. The lowest BCUT2D eigenvalue weighted by Crippen LogP contribution is -2.18. The maximum Gasteiger partial charge on any atom is 0.351 e. The van der Waals surface area contributed by atoms with Crippen molar-refractivity contribution in [1.82, 2.24) is 0 Å². The third-order valence-electron chi connectivity index (χ3n) is 2.61. The van der Waals surface area contributed by atoms with Crippen molar-refractivity contribution >= 4 is 28.4 Å². The Hall–Kier alpha value is -1.81. The molecular weight excluding hydrogens is 256 g/mol. The third-order valence-corrected chi connectivity index (χ3v) is 2.85. The molecule has 0 saturated carbocycles. The van der Waals surface area contributed by atoms with Gasteiger partial charge in [0, 0.05) is 10.9 Å². The highest BCUT2D eigenvalue weighted by Crippen LogP contribution is 2.29. The third kappa shape index (κ3) is 1.99. The molecule has 18 heavy (non-hydrogen) atoms. The molecule has 0 saturated heterocycles. The largest absolute Gasteiger partial charge is 0.506 e. The van der Waals surface area contributed by atoms with Crippen LogP contribution < -0.4 is 5.63 Å². The van der Waals surface area contributed by atoms with Gasteiger partial charge in [-0.25, -0.2) is 4.79 Å². The highest BCUT2D eigenvalue weighted by molar-refractivity contribution is 6.31. The number of hydrogen-bond acceptors (Lipinski definition) is 4. The zero-order valence-corrected chi connectivity index (χ0v) is 10.6. The number of rotatable bonds is 2. The van der Waals surface area contributed by atoms with E-state index >= 15 is 0 Å². The van der Waals surface area contributed by atoms with Crippen LogP contribution >= 0.6 is 11.6 Å². The molecule has 0 aliphatic rings. The van der Waals surface area contributed by atoms with Crippen LogP contribution in [0.1, 0.15) is 24.2 Å². The highest BCUT2D eigenvalue weighted by Gasteiger charge is 2.22. The molecule has 94 valence electrons. The summed E-state index contributed by atoms with van der Waals surface area (Å²) in [6, 6.07) is 4.46. The second-order valence-electron chi connectivity index (χ2n) is 4.27. The van der Waals surface area contributed by atoms with Crippen LogP contribution in [-0.4, -0.2) is 10.9 Å². The van der Waals surface area contributed by atoms with Gasteiger partial charge in [-0.05, 0) is 18.2 Å². The molecular formula is C13H11ClO4. The van der Waals surface area contributed by atoms with Crippen LogP contribution in [0.2, 0.25) is 5.02 Å². The van der Waals surface area contributed by atoms with Gasteiger partial charge in [-0.2, -0.15) is 0 Å². The van der Waals surface area contributed by atoms with Crippen molar-refractivity contribution in [1.29, 1.82) is 0 Å². The quantitative estimate of drug-likeness (QED) is 0.670. The van der Waals surface area contributed by atoms with Gasteiger partial charge < -0.3 is 9.52 Å². The second kappa shape index (κ2) is 4.46. The molecule has 1 N–H and O–H groups in total. The molecule has 1 heterocycles. The molecule has 0 atom stereocenters. The number of carbonyl (C=O) groups excluding carboxylic acids is 1. The Labute approximate surface area is 108 Å². The van der Waals surface area contributed by atoms with Gasteiger partial charge in [-0.15, -0.1) is 0 Å². The summed E-state index contributed by atoms with van der Waals surface area (Å²) >= 11 is 5.81. The molecule has 2 aromatic rings. The minimum atomic E-state index is -0.832. The second-order valence-corrected chi connectivity index (χ2v) is 4.71. The highest BCUT2D eigenvalue weighted by atomic mass is 35.5. The number of ketones is 1. The van der Waals surface area contributed by atoms with Crippen LogP contribution in [0.5, 0.6) is 5.75 Å². The summed E-state index contributed by atoms with van der Waals surface area (Å²) in [5, 5.41) is 10.7. The van der Waals surface area contributed by atoms with E-state index in [-0.39, 0.29) is 22.3 Å². The van der Waals surface area contributed by atoms with Gasteiger partial charge >= 0.3 is 5.63 Å². The van der Waals surface area contributed by atoms with Crippen LogP contribution in [0.3, 0.4) is 0 Å². The number of Topliss-reactive ketones (excluding diaryl/α,β-unsaturated/α-hetero) is 1. The number of aromatic hydroxyl groups is 1. The Morgan fingerprint density at radius 1 is 1.39 bits per heavy atom. The van der Waals surface area contributed by atoms with E-state index < -0.39 is 17.3 Å². The van der Waals surface area contributed by atoms with E-state index in [4.69, 9.17) is 16.0 Å². The molecule has 0 unspecified atom stereocenters. The molecule has 2 rings (SSSR count). The topological polar surface area (TPSA) is 67.5 Å². The summed E-state index contributed by atoms with van der Waals surface area (Å²) in [4.78, 5) is 23.6. The lowest BCUT2D eigenvalue weighted by atomic mass is 10.0. The molecule has 0 aliphatic carbocycles. The fourth-order valence-corrected chi connectivity index (χ4v) is 1.84. The average Bonchev–Trinajstić information content (AvgIpc) is 2.30. The van der Waals surface area contributed by atoms with Gasteiger partial charge in [0.2, 0.25) is 0 Å². The first kappa shape index (κ1) is 12.6. The Morgan fingerprint density at radius 3 is 2.67 bits per heavy atom. The van der Waals surface area contributed by atoms with Gasteiger partial charge in [0.05, 0.1) is 5.39 Å². The van der Waals surface area contributed by atoms with E-state index in [1.165, 1.54) is 18.2 Å². The fourth-order valence-electron chi connectivity index (χ4n) is 1.66. The molecule has 0 aliphatic heterocycles. The van der Waals surface area contributed by atoms with Gasteiger partial charge in [0.1, 0.15) is 16.9 Å². The van der Waals surface area contributed by atoms with Crippen LogP contribution in [0.15, 0.2) is 27.4 Å². The Morgan fingerprint density at radius 2 is 2.06 bits per heavy atom. The smallest absolute Gasteiger partial charge is 0.351 e.